The molecular weight excluding hydrogens is 232 g/mol. The molecule has 0 radical (unpaired) electrons. The zero-order valence-corrected chi connectivity index (χ0v) is 11.6. The van der Waals surface area contributed by atoms with E-state index in [1.165, 1.54) is 7.11 Å². The third-order valence-corrected chi connectivity index (χ3v) is 2.60. The number of hydrogen-bond donors (Lipinski definition) is 0. The molecule has 0 saturated heterocycles. The first-order chi connectivity index (χ1) is 8.38. The molecule has 1 rings (SSSR count). The van der Waals surface area contributed by atoms with E-state index >= 15 is 0 Å². The summed E-state index contributed by atoms with van der Waals surface area (Å²) < 4.78 is 15.1. The van der Waals surface area contributed by atoms with Crippen molar-refractivity contribution in [1.82, 2.24) is 0 Å². The second kappa shape index (κ2) is 5.76. The highest BCUT2D eigenvalue weighted by Crippen LogP contribution is 2.33. The van der Waals surface area contributed by atoms with Crippen molar-refractivity contribution < 1.29 is 19.0 Å². The van der Waals surface area contributed by atoms with Crippen LogP contribution in [0.25, 0.3) is 0 Å². The smallest absolute Gasteiger partial charge is 0.343 e. The molecule has 0 heterocycles. The molecule has 0 spiro atoms. The first kappa shape index (κ1) is 14.4. The van der Waals surface area contributed by atoms with E-state index in [2.05, 4.69) is 25.5 Å². The Morgan fingerprint density at radius 3 is 2.33 bits per heavy atom. The lowest BCUT2D eigenvalue weighted by atomic mass is 9.87. The molecule has 0 aromatic heterocycles. The van der Waals surface area contributed by atoms with Crippen LogP contribution in [0.4, 0.5) is 0 Å². The summed E-state index contributed by atoms with van der Waals surface area (Å²) in [6.07, 6.45) is 0. The summed E-state index contributed by atoms with van der Waals surface area (Å²) in [6.45, 7) is 6.24. The van der Waals surface area contributed by atoms with Crippen molar-refractivity contribution >= 4 is 5.97 Å². The Kier molecular flexibility index (Phi) is 4.59. The number of carbonyl (C=O) groups is 1. The molecule has 1 aromatic rings. The standard InChI is InChI=1S/C14H20O4/c1-14(2,3)10-6-7-11(12(8-10)16-4)18-9-13(15)17-5/h6-8H,9H2,1-5H3. The van der Waals surface area contributed by atoms with Crippen LogP contribution in [0, 0.1) is 0 Å². The number of esters is 1. The maximum Gasteiger partial charge on any atom is 0.343 e. The second-order valence-corrected chi connectivity index (χ2v) is 4.98. The van der Waals surface area contributed by atoms with E-state index in [1.54, 1.807) is 7.11 Å². The Morgan fingerprint density at radius 2 is 1.83 bits per heavy atom. The van der Waals surface area contributed by atoms with Crippen LogP contribution in [0.3, 0.4) is 0 Å². The Balaban J connectivity index is 2.90. The van der Waals surface area contributed by atoms with Gasteiger partial charge in [-0.3, -0.25) is 0 Å². The van der Waals surface area contributed by atoms with Crippen molar-refractivity contribution in [2.24, 2.45) is 0 Å². The highest BCUT2D eigenvalue weighted by molar-refractivity contribution is 5.71. The Bertz CT molecular complexity index is 418. The zero-order chi connectivity index (χ0) is 13.8. The Morgan fingerprint density at radius 1 is 1.17 bits per heavy atom. The van der Waals surface area contributed by atoms with Gasteiger partial charge in [0.1, 0.15) is 0 Å². The van der Waals surface area contributed by atoms with Gasteiger partial charge in [-0.2, -0.15) is 0 Å². The first-order valence-electron chi connectivity index (χ1n) is 5.76. The number of benzene rings is 1. The molecule has 18 heavy (non-hydrogen) atoms. The summed E-state index contributed by atoms with van der Waals surface area (Å²) in [5.41, 5.74) is 1.18. The molecule has 0 aliphatic heterocycles. The minimum Gasteiger partial charge on any atom is -0.493 e. The summed E-state index contributed by atoms with van der Waals surface area (Å²) >= 11 is 0. The predicted octanol–water partition coefficient (Wildman–Crippen LogP) is 2.54. The number of rotatable bonds is 4. The van der Waals surface area contributed by atoms with Crippen LogP contribution in [0.5, 0.6) is 11.5 Å². The largest absolute Gasteiger partial charge is 0.493 e. The van der Waals surface area contributed by atoms with Gasteiger partial charge in [0, 0.05) is 0 Å². The monoisotopic (exact) mass is 252 g/mol. The van der Waals surface area contributed by atoms with E-state index in [0.717, 1.165) is 5.56 Å². The fraction of sp³-hybridized carbons (Fsp3) is 0.500. The first-order valence-corrected chi connectivity index (χ1v) is 5.76. The quantitative estimate of drug-likeness (QED) is 0.772. The van der Waals surface area contributed by atoms with Crippen LogP contribution in [-0.4, -0.2) is 26.8 Å². The highest BCUT2D eigenvalue weighted by atomic mass is 16.6. The van der Waals surface area contributed by atoms with Gasteiger partial charge < -0.3 is 14.2 Å². The van der Waals surface area contributed by atoms with Gasteiger partial charge in [-0.1, -0.05) is 26.8 Å². The number of hydrogen-bond acceptors (Lipinski definition) is 4. The lowest BCUT2D eigenvalue weighted by Crippen LogP contribution is -2.14. The summed E-state index contributed by atoms with van der Waals surface area (Å²) in [5, 5.41) is 0. The molecule has 0 bridgehead atoms. The van der Waals surface area contributed by atoms with Crippen molar-refractivity contribution in [1.29, 1.82) is 0 Å². The third-order valence-electron chi connectivity index (χ3n) is 2.60. The lowest BCUT2D eigenvalue weighted by molar-refractivity contribution is -0.142. The Hall–Kier alpha value is -1.71. The van der Waals surface area contributed by atoms with Crippen molar-refractivity contribution in [2.75, 3.05) is 20.8 Å². The van der Waals surface area contributed by atoms with Gasteiger partial charge in [0.05, 0.1) is 14.2 Å². The van der Waals surface area contributed by atoms with E-state index < -0.39 is 5.97 Å². The summed E-state index contributed by atoms with van der Waals surface area (Å²) in [4.78, 5) is 11.0. The topological polar surface area (TPSA) is 44.8 Å². The molecule has 0 N–H and O–H groups in total. The average molecular weight is 252 g/mol. The summed E-state index contributed by atoms with van der Waals surface area (Å²) in [5.74, 6) is 0.735. The van der Waals surface area contributed by atoms with Crippen molar-refractivity contribution in [2.45, 2.75) is 26.2 Å². The van der Waals surface area contributed by atoms with Gasteiger partial charge in [0.15, 0.2) is 18.1 Å². The molecule has 0 unspecified atom stereocenters. The van der Waals surface area contributed by atoms with Crippen molar-refractivity contribution in [3.05, 3.63) is 23.8 Å². The predicted molar refractivity (Wildman–Crippen MR) is 69.2 cm³/mol. The lowest BCUT2D eigenvalue weighted by Gasteiger charge is -2.20. The van der Waals surface area contributed by atoms with Crippen molar-refractivity contribution in [3.8, 4) is 11.5 Å². The molecule has 0 aliphatic carbocycles. The molecule has 0 fully saturated rings. The van der Waals surface area contributed by atoms with Crippen LogP contribution in [0.1, 0.15) is 26.3 Å². The van der Waals surface area contributed by atoms with Crippen LogP contribution >= 0.6 is 0 Å². The molecule has 4 heteroatoms. The van der Waals surface area contributed by atoms with Gasteiger partial charge in [-0.25, -0.2) is 4.79 Å². The fourth-order valence-corrected chi connectivity index (χ4v) is 1.45. The molecule has 0 aliphatic rings. The molecule has 4 nitrogen and oxygen atoms in total. The van der Waals surface area contributed by atoms with Crippen LogP contribution < -0.4 is 9.47 Å². The van der Waals surface area contributed by atoms with Gasteiger partial charge in [-0.05, 0) is 23.1 Å². The van der Waals surface area contributed by atoms with E-state index in [1.807, 2.05) is 18.2 Å². The van der Waals surface area contributed by atoms with Crippen LogP contribution in [0.15, 0.2) is 18.2 Å². The zero-order valence-electron chi connectivity index (χ0n) is 11.6. The molecule has 1 aromatic carbocycles. The number of ether oxygens (including phenoxy) is 3. The minimum absolute atomic E-state index is 0.0359. The SMILES string of the molecule is COC(=O)COc1ccc(C(C)(C)C)cc1OC. The average Bonchev–Trinajstić information content (AvgIpc) is 2.34. The summed E-state index contributed by atoms with van der Waals surface area (Å²) in [7, 11) is 2.90. The van der Waals surface area contributed by atoms with E-state index in [4.69, 9.17) is 9.47 Å². The normalized spacial score (nSPS) is 10.9. The van der Waals surface area contributed by atoms with E-state index in [0.29, 0.717) is 11.5 Å². The molecule has 0 atom stereocenters. The second-order valence-electron chi connectivity index (χ2n) is 4.98. The van der Waals surface area contributed by atoms with Gasteiger partial charge in [0.25, 0.3) is 0 Å². The maximum absolute atomic E-state index is 11.0. The van der Waals surface area contributed by atoms with E-state index in [-0.39, 0.29) is 12.0 Å². The van der Waals surface area contributed by atoms with Gasteiger partial charge in [0.2, 0.25) is 0 Å². The van der Waals surface area contributed by atoms with Crippen LogP contribution in [-0.2, 0) is 14.9 Å². The minimum atomic E-state index is -0.419. The Labute approximate surface area is 108 Å². The van der Waals surface area contributed by atoms with Gasteiger partial charge in [-0.15, -0.1) is 0 Å². The molecule has 0 amide bonds. The molecule has 0 saturated carbocycles. The number of carbonyl (C=O) groups excluding carboxylic acids is 1. The van der Waals surface area contributed by atoms with E-state index in [9.17, 15) is 4.79 Å². The van der Waals surface area contributed by atoms with Gasteiger partial charge >= 0.3 is 5.97 Å². The highest BCUT2D eigenvalue weighted by Gasteiger charge is 2.16. The maximum atomic E-state index is 11.0. The van der Waals surface area contributed by atoms with Crippen LogP contribution in [0.2, 0.25) is 0 Å². The fourth-order valence-electron chi connectivity index (χ4n) is 1.45. The number of methoxy groups -OCH3 is 2. The third kappa shape index (κ3) is 3.65. The summed E-state index contributed by atoms with van der Waals surface area (Å²) in [6, 6.07) is 5.70. The molecule has 100 valence electrons. The van der Waals surface area contributed by atoms with Crippen molar-refractivity contribution in [3.63, 3.8) is 0 Å². The molecular formula is C14H20O4.